The number of nitrogens with one attached hydrogen (secondary N) is 2. The molecule has 0 saturated carbocycles. The Balaban J connectivity index is 1.20. The molecule has 2 fully saturated rings. The summed E-state index contributed by atoms with van der Waals surface area (Å²) in [4.78, 5) is 30.4. The molecular formula is C31H36Cl2N4O5S2. The maximum absolute atomic E-state index is 13.6. The van der Waals surface area contributed by atoms with Crippen LogP contribution in [0.25, 0.3) is 10.8 Å². The highest BCUT2D eigenvalue weighted by molar-refractivity contribution is 8.01. The maximum Gasteiger partial charge on any atom is 0.237 e. The van der Waals surface area contributed by atoms with Gasteiger partial charge in [0.05, 0.1) is 24.2 Å². The van der Waals surface area contributed by atoms with Crippen molar-refractivity contribution in [2.75, 3.05) is 51.7 Å². The predicted octanol–water partition coefficient (Wildman–Crippen LogP) is 4.44. The molecule has 0 aromatic heterocycles. The van der Waals surface area contributed by atoms with Crippen LogP contribution in [0.15, 0.2) is 60.7 Å². The van der Waals surface area contributed by atoms with Crippen molar-refractivity contribution < 1.29 is 22.7 Å². The molecule has 2 N–H and O–H groups in total. The van der Waals surface area contributed by atoms with E-state index in [4.69, 9.17) is 27.9 Å². The number of halogens is 2. The van der Waals surface area contributed by atoms with E-state index in [0.29, 0.717) is 48.3 Å². The second-order valence-electron chi connectivity index (χ2n) is 10.8. The number of amides is 2. The van der Waals surface area contributed by atoms with Crippen molar-refractivity contribution in [1.82, 2.24) is 19.8 Å². The minimum absolute atomic E-state index is 0.00100. The minimum Gasteiger partial charge on any atom is -0.379 e. The van der Waals surface area contributed by atoms with Crippen molar-refractivity contribution >= 4 is 67.6 Å². The number of ether oxygens (including phenoxy) is 1. The molecule has 0 spiro atoms. The molecule has 0 radical (unpaired) electrons. The third kappa shape index (κ3) is 8.66. The summed E-state index contributed by atoms with van der Waals surface area (Å²) in [7, 11) is -3.53. The molecular weight excluding hydrogens is 643 g/mol. The average Bonchev–Trinajstić information content (AvgIpc) is 3.30. The Bertz CT molecular complexity index is 1580. The second kappa shape index (κ2) is 15.3. The van der Waals surface area contributed by atoms with Gasteiger partial charge in [-0.2, -0.15) is 0 Å². The zero-order valence-electron chi connectivity index (χ0n) is 24.2. The highest BCUT2D eigenvalue weighted by Gasteiger charge is 2.42. The van der Waals surface area contributed by atoms with Gasteiger partial charge in [-0.25, -0.2) is 13.1 Å². The van der Waals surface area contributed by atoms with E-state index >= 15 is 0 Å². The van der Waals surface area contributed by atoms with E-state index in [-0.39, 0.29) is 37.1 Å². The smallest absolute Gasteiger partial charge is 0.237 e. The lowest BCUT2D eigenvalue weighted by molar-refractivity contribution is -0.132. The summed E-state index contributed by atoms with van der Waals surface area (Å²) in [5.74, 6) is -0.482. The Labute approximate surface area is 272 Å². The predicted molar refractivity (Wildman–Crippen MR) is 176 cm³/mol. The van der Waals surface area contributed by atoms with Gasteiger partial charge in [-0.15, -0.1) is 11.8 Å². The molecule has 2 atom stereocenters. The molecule has 2 saturated heterocycles. The van der Waals surface area contributed by atoms with E-state index in [1.807, 2.05) is 42.5 Å². The van der Waals surface area contributed by atoms with E-state index in [1.54, 1.807) is 23.1 Å². The quantitative estimate of drug-likeness (QED) is 0.275. The van der Waals surface area contributed by atoms with Gasteiger partial charge in [-0.1, -0.05) is 71.7 Å². The van der Waals surface area contributed by atoms with Gasteiger partial charge in [-0.3, -0.25) is 14.5 Å². The first-order valence-electron chi connectivity index (χ1n) is 14.6. The molecule has 0 bridgehead atoms. The standard InChI is InChI=1S/C31H36Cl2N4O5S2/c32-24-9-10-26(27(33)19-24)31-37(13-11-35-44(40,41)18-4-12-36-14-16-42-17-15-36)30(39)28(43-31)20-29(38)34-21-23-7-3-6-22-5-1-2-8-25(22)23/h1-3,5-10,19,28,31,35H,4,11-18,20-21H2,(H,34,38)/t28-,31-/m1/s1. The largest absolute Gasteiger partial charge is 0.379 e. The van der Waals surface area contributed by atoms with Crippen molar-refractivity contribution in [2.24, 2.45) is 0 Å². The molecule has 9 nitrogen and oxygen atoms in total. The van der Waals surface area contributed by atoms with Gasteiger partial charge < -0.3 is 15.0 Å². The van der Waals surface area contributed by atoms with Crippen molar-refractivity contribution in [3.05, 3.63) is 81.8 Å². The summed E-state index contributed by atoms with van der Waals surface area (Å²) >= 11 is 14.0. The number of thioether (sulfide) groups is 1. The topological polar surface area (TPSA) is 108 Å². The Morgan fingerprint density at radius 2 is 1.80 bits per heavy atom. The molecule has 3 aromatic carbocycles. The van der Waals surface area contributed by atoms with E-state index in [2.05, 4.69) is 14.9 Å². The first-order chi connectivity index (χ1) is 21.2. The Hall–Kier alpha value is -2.38. The van der Waals surface area contributed by atoms with Gasteiger partial charge in [0.2, 0.25) is 21.8 Å². The molecule has 2 amide bonds. The number of hydrogen-bond acceptors (Lipinski definition) is 7. The highest BCUT2D eigenvalue weighted by atomic mass is 35.5. The Morgan fingerprint density at radius 3 is 2.59 bits per heavy atom. The van der Waals surface area contributed by atoms with Crippen LogP contribution in [0.2, 0.25) is 10.0 Å². The lowest BCUT2D eigenvalue weighted by Crippen LogP contribution is -2.40. The molecule has 2 aliphatic rings. The SMILES string of the molecule is O=C(C[C@H]1S[C@H](c2ccc(Cl)cc2Cl)N(CCNS(=O)(=O)CCCN2CCOCC2)C1=O)NCc1cccc2ccccc12. The van der Waals surface area contributed by atoms with Gasteiger partial charge in [-0.05, 0) is 41.4 Å². The summed E-state index contributed by atoms with van der Waals surface area (Å²) in [6.45, 7) is 4.15. The van der Waals surface area contributed by atoms with Gasteiger partial charge in [0.1, 0.15) is 5.37 Å². The van der Waals surface area contributed by atoms with Crippen LogP contribution in [0, 0.1) is 0 Å². The number of benzene rings is 3. The third-order valence-electron chi connectivity index (χ3n) is 7.76. The van der Waals surface area contributed by atoms with Crippen LogP contribution in [0.5, 0.6) is 0 Å². The van der Waals surface area contributed by atoms with Crippen LogP contribution in [0.3, 0.4) is 0 Å². The first kappa shape index (κ1) is 33.0. The second-order valence-corrected chi connectivity index (χ2v) is 14.9. The highest BCUT2D eigenvalue weighted by Crippen LogP contribution is 2.46. The maximum atomic E-state index is 13.6. The lowest BCUT2D eigenvalue weighted by Gasteiger charge is -2.26. The molecule has 0 aliphatic carbocycles. The third-order valence-corrected chi connectivity index (χ3v) is 11.3. The van der Waals surface area contributed by atoms with E-state index in [0.717, 1.165) is 29.4 Å². The molecule has 236 valence electrons. The van der Waals surface area contributed by atoms with Crippen molar-refractivity contribution in [2.45, 2.75) is 30.0 Å². The normalized spacial score (nSPS) is 19.5. The number of rotatable bonds is 13. The number of hydrogen-bond donors (Lipinski definition) is 2. The van der Waals surface area contributed by atoms with Crippen LogP contribution < -0.4 is 10.0 Å². The molecule has 44 heavy (non-hydrogen) atoms. The fourth-order valence-electron chi connectivity index (χ4n) is 5.47. The summed E-state index contributed by atoms with van der Waals surface area (Å²) in [6, 6.07) is 19.0. The van der Waals surface area contributed by atoms with E-state index in [9.17, 15) is 18.0 Å². The lowest BCUT2D eigenvalue weighted by atomic mass is 10.0. The number of carbonyl (C=O) groups is 2. The number of carbonyl (C=O) groups excluding carboxylic acids is 2. The molecule has 3 aromatic rings. The summed E-state index contributed by atoms with van der Waals surface area (Å²) in [5, 5.41) is 4.84. The molecule has 13 heteroatoms. The Morgan fingerprint density at radius 1 is 1.02 bits per heavy atom. The van der Waals surface area contributed by atoms with Crippen LogP contribution in [0.1, 0.15) is 29.3 Å². The molecule has 2 aliphatic heterocycles. The van der Waals surface area contributed by atoms with E-state index in [1.165, 1.54) is 11.8 Å². The van der Waals surface area contributed by atoms with Crippen molar-refractivity contribution in [1.29, 1.82) is 0 Å². The van der Waals surface area contributed by atoms with Gasteiger partial charge >= 0.3 is 0 Å². The van der Waals surface area contributed by atoms with Crippen molar-refractivity contribution in [3.8, 4) is 0 Å². The van der Waals surface area contributed by atoms with E-state index < -0.39 is 20.6 Å². The first-order valence-corrected chi connectivity index (χ1v) is 18.0. The summed E-state index contributed by atoms with van der Waals surface area (Å²) in [6.07, 6.45) is 0.493. The molecule has 5 rings (SSSR count). The van der Waals surface area contributed by atoms with Crippen LogP contribution in [-0.4, -0.2) is 87.0 Å². The Kier molecular flexibility index (Phi) is 11.5. The number of morpholine rings is 1. The number of nitrogens with zero attached hydrogens (tertiary/aromatic N) is 2. The van der Waals surface area contributed by atoms with Crippen molar-refractivity contribution in [3.63, 3.8) is 0 Å². The molecule has 0 unspecified atom stereocenters. The number of sulfonamides is 1. The van der Waals surface area contributed by atoms with Crippen LogP contribution in [0.4, 0.5) is 0 Å². The fraction of sp³-hybridized carbons (Fsp3) is 0.419. The van der Waals surface area contributed by atoms with Gasteiger partial charge in [0, 0.05) is 54.8 Å². The molecule has 2 heterocycles. The summed E-state index contributed by atoms with van der Waals surface area (Å²) in [5.41, 5.74) is 1.67. The minimum atomic E-state index is -3.53. The van der Waals surface area contributed by atoms with Gasteiger partial charge in [0.25, 0.3) is 0 Å². The fourth-order valence-corrected chi connectivity index (χ4v) is 8.62. The van der Waals surface area contributed by atoms with Crippen LogP contribution >= 0.6 is 35.0 Å². The van der Waals surface area contributed by atoms with Gasteiger partial charge in [0.15, 0.2) is 0 Å². The monoisotopic (exact) mass is 678 g/mol. The zero-order valence-corrected chi connectivity index (χ0v) is 27.4. The van der Waals surface area contributed by atoms with Crippen LogP contribution in [-0.2, 0) is 30.9 Å². The average molecular weight is 680 g/mol. The summed E-state index contributed by atoms with van der Waals surface area (Å²) < 4.78 is 33.4. The zero-order chi connectivity index (χ0) is 31.1. The number of fused-ring (bicyclic) bond motifs is 1.